The van der Waals surface area contributed by atoms with E-state index >= 15 is 0 Å². The summed E-state index contributed by atoms with van der Waals surface area (Å²) in [4.78, 5) is 26.1. The third-order valence-electron chi connectivity index (χ3n) is 2.62. The first-order valence-electron chi connectivity index (χ1n) is 7.01. The maximum atomic E-state index is 8.88. The van der Waals surface area contributed by atoms with Crippen molar-refractivity contribution in [3.63, 3.8) is 0 Å². The molecule has 0 aromatic carbocycles. The van der Waals surface area contributed by atoms with Gasteiger partial charge in [0.2, 0.25) is 0 Å². The summed E-state index contributed by atoms with van der Waals surface area (Å²) in [5.74, 6) is 4.94. The lowest BCUT2D eigenvalue weighted by Gasteiger charge is -2.01. The van der Waals surface area contributed by atoms with Gasteiger partial charge in [-0.15, -0.1) is 0 Å². The Kier molecular flexibility index (Phi) is 18.1. The van der Waals surface area contributed by atoms with Crippen LogP contribution in [0.4, 0.5) is 0 Å². The average Bonchev–Trinajstić information content (AvgIpc) is 2.29. The van der Waals surface area contributed by atoms with Crippen molar-refractivity contribution in [1.29, 1.82) is 0 Å². The van der Waals surface area contributed by atoms with Gasteiger partial charge in [0.15, 0.2) is 0 Å². The third-order valence-corrected chi connectivity index (χ3v) is 2.62. The molecular formula is C12H30NO5P. The number of rotatable bonds is 11. The Labute approximate surface area is 116 Å². The lowest BCUT2D eigenvalue weighted by molar-refractivity contribution is 0.133. The second kappa shape index (κ2) is 16.1. The van der Waals surface area contributed by atoms with Gasteiger partial charge in [-0.25, -0.2) is 10.5 Å². The van der Waals surface area contributed by atoms with Gasteiger partial charge in [0, 0.05) is 0 Å². The lowest BCUT2D eigenvalue weighted by atomic mass is 10.1. The standard InChI is InChI=1S/C12H27NO.H3O4P/c1-2-3-4-5-6-7-8-9-10-11-12-14-13;1-5(2,3)4/h2-13H2,1H3;(H3,1,2,3,4). The quantitative estimate of drug-likeness (QED) is 0.265. The highest BCUT2D eigenvalue weighted by molar-refractivity contribution is 7.45. The van der Waals surface area contributed by atoms with Crippen molar-refractivity contribution in [2.45, 2.75) is 71.1 Å². The van der Waals surface area contributed by atoms with E-state index in [9.17, 15) is 0 Å². The summed E-state index contributed by atoms with van der Waals surface area (Å²) in [5.41, 5.74) is 0. The van der Waals surface area contributed by atoms with Crippen molar-refractivity contribution in [2.75, 3.05) is 6.61 Å². The van der Waals surface area contributed by atoms with Gasteiger partial charge in [-0.3, -0.25) is 0 Å². The minimum atomic E-state index is -4.64. The fourth-order valence-electron chi connectivity index (χ4n) is 1.67. The van der Waals surface area contributed by atoms with Crippen LogP contribution < -0.4 is 5.90 Å². The number of hydrogen-bond acceptors (Lipinski definition) is 3. The topological polar surface area (TPSA) is 113 Å². The van der Waals surface area contributed by atoms with Crippen molar-refractivity contribution in [2.24, 2.45) is 5.90 Å². The molecule has 0 rings (SSSR count). The zero-order valence-corrected chi connectivity index (χ0v) is 12.9. The van der Waals surface area contributed by atoms with E-state index in [1.807, 2.05) is 0 Å². The fraction of sp³-hybridized carbons (Fsp3) is 1.00. The molecule has 0 aliphatic heterocycles. The van der Waals surface area contributed by atoms with Gasteiger partial charge >= 0.3 is 7.82 Å². The van der Waals surface area contributed by atoms with Crippen molar-refractivity contribution in [3.05, 3.63) is 0 Å². The molecule has 0 atom stereocenters. The summed E-state index contributed by atoms with van der Waals surface area (Å²) in [7, 11) is -4.64. The van der Waals surface area contributed by atoms with Crippen LogP contribution >= 0.6 is 7.82 Å². The SMILES string of the molecule is CCCCCCCCCCCCON.O=P(O)(O)O. The largest absolute Gasteiger partial charge is 0.466 e. The molecule has 0 amide bonds. The third kappa shape index (κ3) is 38.1. The van der Waals surface area contributed by atoms with Crippen LogP contribution in [0.1, 0.15) is 71.1 Å². The van der Waals surface area contributed by atoms with E-state index in [4.69, 9.17) is 25.1 Å². The molecule has 0 aromatic heterocycles. The predicted octanol–water partition coefficient (Wildman–Crippen LogP) is 2.87. The molecule has 6 nitrogen and oxygen atoms in total. The van der Waals surface area contributed by atoms with Gasteiger partial charge in [0.05, 0.1) is 6.61 Å². The molecule has 0 bridgehead atoms. The van der Waals surface area contributed by atoms with E-state index in [-0.39, 0.29) is 0 Å². The second-order valence-corrected chi connectivity index (χ2v) is 5.59. The Morgan fingerprint density at radius 2 is 1.16 bits per heavy atom. The van der Waals surface area contributed by atoms with E-state index in [1.165, 1.54) is 57.8 Å². The van der Waals surface area contributed by atoms with Crippen molar-refractivity contribution in [1.82, 2.24) is 0 Å². The molecule has 0 aliphatic carbocycles. The predicted molar refractivity (Wildman–Crippen MR) is 76.2 cm³/mol. The summed E-state index contributed by atoms with van der Waals surface area (Å²) in [6.45, 7) is 2.98. The summed E-state index contributed by atoms with van der Waals surface area (Å²) in [6.07, 6.45) is 13.6. The molecule has 0 heterocycles. The van der Waals surface area contributed by atoms with Crippen LogP contribution in [0.5, 0.6) is 0 Å². The number of nitrogens with two attached hydrogens (primary N) is 1. The second-order valence-electron chi connectivity index (χ2n) is 4.57. The summed E-state index contributed by atoms with van der Waals surface area (Å²) in [6, 6.07) is 0. The first kappa shape index (κ1) is 21.3. The molecule has 0 aromatic rings. The highest BCUT2D eigenvalue weighted by Gasteiger charge is 2.00. The fourth-order valence-corrected chi connectivity index (χ4v) is 1.67. The maximum Gasteiger partial charge on any atom is 0.466 e. The first-order chi connectivity index (χ1) is 8.91. The molecule has 0 spiro atoms. The Balaban J connectivity index is 0. The van der Waals surface area contributed by atoms with Crippen LogP contribution in [-0.2, 0) is 9.40 Å². The van der Waals surface area contributed by atoms with Gasteiger partial charge in [-0.05, 0) is 6.42 Å². The first-order valence-corrected chi connectivity index (χ1v) is 8.58. The van der Waals surface area contributed by atoms with Gasteiger partial charge in [0.1, 0.15) is 0 Å². The number of hydrogen-bond donors (Lipinski definition) is 4. The van der Waals surface area contributed by atoms with Gasteiger partial charge in [0.25, 0.3) is 0 Å². The molecule has 19 heavy (non-hydrogen) atoms. The van der Waals surface area contributed by atoms with Crippen LogP contribution in [0.25, 0.3) is 0 Å². The highest BCUT2D eigenvalue weighted by Crippen LogP contribution is 2.25. The number of phosphoric acid groups is 1. The summed E-state index contributed by atoms with van der Waals surface area (Å²) in [5, 5.41) is 0. The zero-order chi connectivity index (χ0) is 15.0. The molecule has 0 radical (unpaired) electrons. The van der Waals surface area contributed by atoms with Crippen LogP contribution in [0.15, 0.2) is 0 Å². The average molecular weight is 299 g/mol. The van der Waals surface area contributed by atoms with E-state index < -0.39 is 7.82 Å². The Bertz CT molecular complexity index is 190. The monoisotopic (exact) mass is 299 g/mol. The van der Waals surface area contributed by atoms with Crippen molar-refractivity contribution >= 4 is 7.82 Å². The molecule has 7 heteroatoms. The maximum absolute atomic E-state index is 8.88. The van der Waals surface area contributed by atoms with E-state index in [0.717, 1.165) is 13.0 Å². The van der Waals surface area contributed by atoms with Gasteiger partial charge in [-0.1, -0.05) is 64.7 Å². The van der Waals surface area contributed by atoms with Crippen LogP contribution in [0.2, 0.25) is 0 Å². The van der Waals surface area contributed by atoms with Crippen molar-refractivity contribution < 1.29 is 24.1 Å². The Morgan fingerprint density at radius 1 is 0.842 bits per heavy atom. The highest BCUT2D eigenvalue weighted by atomic mass is 31.2. The molecule has 0 aliphatic rings. The minimum absolute atomic E-state index is 0.719. The zero-order valence-electron chi connectivity index (χ0n) is 12.0. The normalized spacial score (nSPS) is 11.0. The molecule has 0 saturated heterocycles. The molecule has 0 fully saturated rings. The molecule has 0 saturated carbocycles. The molecule has 5 N–H and O–H groups in total. The van der Waals surface area contributed by atoms with E-state index in [2.05, 4.69) is 11.8 Å². The smallest absolute Gasteiger partial charge is 0.305 e. The minimum Gasteiger partial charge on any atom is -0.305 e. The van der Waals surface area contributed by atoms with E-state index in [0.29, 0.717) is 0 Å². The summed E-state index contributed by atoms with van der Waals surface area (Å²) >= 11 is 0. The van der Waals surface area contributed by atoms with Gasteiger partial charge < -0.3 is 19.5 Å². The summed E-state index contributed by atoms with van der Waals surface area (Å²) < 4.78 is 8.88. The van der Waals surface area contributed by atoms with Crippen LogP contribution in [0.3, 0.4) is 0 Å². The molecular weight excluding hydrogens is 269 g/mol. The lowest BCUT2D eigenvalue weighted by Crippen LogP contribution is -2.00. The van der Waals surface area contributed by atoms with Crippen LogP contribution in [-0.4, -0.2) is 21.3 Å². The number of unbranched alkanes of at least 4 members (excludes halogenated alkanes) is 9. The molecule has 0 unspecified atom stereocenters. The van der Waals surface area contributed by atoms with Crippen molar-refractivity contribution in [3.8, 4) is 0 Å². The van der Waals surface area contributed by atoms with E-state index in [1.54, 1.807) is 0 Å². The Morgan fingerprint density at radius 3 is 1.47 bits per heavy atom. The Hall–Kier alpha value is 0.0300. The molecule has 118 valence electrons. The van der Waals surface area contributed by atoms with Gasteiger partial charge in [-0.2, -0.15) is 0 Å². The van der Waals surface area contributed by atoms with Crippen LogP contribution in [0, 0.1) is 0 Å².